The van der Waals surface area contributed by atoms with E-state index in [2.05, 4.69) is 11.9 Å². The number of para-hydroxylation sites is 1. The Balaban J connectivity index is 2.31. The molecule has 3 heteroatoms. The maximum absolute atomic E-state index is 10.4. The highest BCUT2D eigenvalue weighted by atomic mass is 16.3. The van der Waals surface area contributed by atoms with Crippen LogP contribution in [0.4, 0.5) is 0 Å². The molecule has 0 atom stereocenters. The van der Waals surface area contributed by atoms with Crippen molar-refractivity contribution in [3.63, 3.8) is 0 Å². The molecule has 0 amide bonds. The van der Waals surface area contributed by atoms with Crippen LogP contribution < -0.4 is 0 Å². The van der Waals surface area contributed by atoms with Gasteiger partial charge < -0.3 is 10.2 Å². The van der Waals surface area contributed by atoms with E-state index in [0.717, 1.165) is 23.2 Å². The number of aromatic nitrogens is 1. The van der Waals surface area contributed by atoms with Crippen molar-refractivity contribution >= 4 is 0 Å². The molecule has 2 N–H and O–H groups in total. The van der Waals surface area contributed by atoms with Gasteiger partial charge in [-0.1, -0.05) is 43.3 Å². The SMILES string of the molecule is CCc1cccnc1-c1cccc(O)c1-c1ccccc1O. The standard InChI is InChI=1S/C19H17NO2/c1-2-13-7-6-12-20-19(13)15-9-5-11-17(22)18(15)14-8-3-4-10-16(14)21/h3-12,21-22H,2H2,1H3. The van der Waals surface area contributed by atoms with Gasteiger partial charge in [0.15, 0.2) is 0 Å². The molecule has 0 aliphatic rings. The monoisotopic (exact) mass is 291 g/mol. The molecule has 1 heterocycles. The fourth-order valence-electron chi connectivity index (χ4n) is 2.67. The molecule has 1 aromatic heterocycles. The Morgan fingerprint density at radius 3 is 2.32 bits per heavy atom. The molecule has 3 rings (SSSR count). The van der Waals surface area contributed by atoms with Gasteiger partial charge in [0.1, 0.15) is 11.5 Å². The molecule has 2 aromatic carbocycles. The minimum Gasteiger partial charge on any atom is -0.507 e. The van der Waals surface area contributed by atoms with Gasteiger partial charge >= 0.3 is 0 Å². The minimum atomic E-state index is 0.131. The molecule has 0 aliphatic heterocycles. The quantitative estimate of drug-likeness (QED) is 0.752. The lowest BCUT2D eigenvalue weighted by Gasteiger charge is -2.14. The number of benzene rings is 2. The van der Waals surface area contributed by atoms with E-state index in [1.165, 1.54) is 0 Å². The maximum Gasteiger partial charge on any atom is 0.124 e. The molecule has 0 saturated carbocycles. The second-order valence-corrected chi connectivity index (χ2v) is 5.08. The number of nitrogens with zero attached hydrogens (tertiary/aromatic N) is 1. The highest BCUT2D eigenvalue weighted by Gasteiger charge is 2.17. The lowest BCUT2D eigenvalue weighted by Crippen LogP contribution is -1.94. The van der Waals surface area contributed by atoms with Crippen molar-refractivity contribution in [1.29, 1.82) is 0 Å². The zero-order valence-electron chi connectivity index (χ0n) is 12.3. The van der Waals surface area contributed by atoms with Crippen LogP contribution in [0.2, 0.25) is 0 Å². The van der Waals surface area contributed by atoms with Gasteiger partial charge in [-0.05, 0) is 30.2 Å². The highest BCUT2D eigenvalue weighted by Crippen LogP contribution is 2.42. The number of pyridine rings is 1. The van der Waals surface area contributed by atoms with Crippen molar-refractivity contribution < 1.29 is 10.2 Å². The largest absolute Gasteiger partial charge is 0.507 e. The van der Waals surface area contributed by atoms with E-state index in [1.54, 1.807) is 36.5 Å². The van der Waals surface area contributed by atoms with Crippen LogP contribution in [0.5, 0.6) is 11.5 Å². The van der Waals surface area contributed by atoms with Crippen molar-refractivity contribution in [2.24, 2.45) is 0 Å². The van der Waals surface area contributed by atoms with Gasteiger partial charge in [-0.25, -0.2) is 0 Å². The molecule has 22 heavy (non-hydrogen) atoms. The van der Waals surface area contributed by atoms with E-state index in [0.29, 0.717) is 11.1 Å². The highest BCUT2D eigenvalue weighted by molar-refractivity contribution is 5.89. The van der Waals surface area contributed by atoms with Crippen LogP contribution in [-0.2, 0) is 6.42 Å². The van der Waals surface area contributed by atoms with Crippen molar-refractivity contribution in [2.45, 2.75) is 13.3 Å². The minimum absolute atomic E-state index is 0.131. The van der Waals surface area contributed by atoms with Gasteiger partial charge in [-0.15, -0.1) is 0 Å². The summed E-state index contributed by atoms with van der Waals surface area (Å²) in [7, 11) is 0. The molecule has 3 nitrogen and oxygen atoms in total. The van der Waals surface area contributed by atoms with Crippen LogP contribution >= 0.6 is 0 Å². The summed E-state index contributed by atoms with van der Waals surface area (Å²) in [6.07, 6.45) is 2.59. The van der Waals surface area contributed by atoms with Crippen LogP contribution in [0.1, 0.15) is 12.5 Å². The zero-order chi connectivity index (χ0) is 15.5. The number of hydrogen-bond acceptors (Lipinski definition) is 3. The lowest BCUT2D eigenvalue weighted by atomic mass is 9.93. The van der Waals surface area contributed by atoms with Crippen LogP contribution in [0.15, 0.2) is 60.8 Å². The molecule has 0 fully saturated rings. The third-order valence-electron chi connectivity index (χ3n) is 3.74. The summed E-state index contributed by atoms with van der Waals surface area (Å²) in [4.78, 5) is 4.48. The summed E-state index contributed by atoms with van der Waals surface area (Å²) in [6, 6.07) is 16.3. The molecule has 0 bridgehead atoms. The lowest BCUT2D eigenvalue weighted by molar-refractivity contribution is 0.469. The van der Waals surface area contributed by atoms with Crippen molar-refractivity contribution in [3.8, 4) is 33.9 Å². The number of aryl methyl sites for hydroxylation is 1. The molecule has 0 unspecified atom stereocenters. The predicted octanol–water partition coefficient (Wildman–Crippen LogP) is 4.39. The normalized spacial score (nSPS) is 10.6. The first-order valence-corrected chi connectivity index (χ1v) is 7.27. The third kappa shape index (κ3) is 2.42. The van der Waals surface area contributed by atoms with E-state index in [1.807, 2.05) is 24.3 Å². The number of rotatable bonds is 3. The summed E-state index contributed by atoms with van der Waals surface area (Å²) in [5.74, 6) is 0.269. The molecule has 0 aliphatic carbocycles. The van der Waals surface area contributed by atoms with Crippen molar-refractivity contribution in [1.82, 2.24) is 4.98 Å². The third-order valence-corrected chi connectivity index (χ3v) is 3.74. The number of phenolic OH excluding ortho intramolecular Hbond substituents is 2. The van der Waals surface area contributed by atoms with Gasteiger partial charge in [0, 0.05) is 22.9 Å². The molecule has 0 saturated heterocycles. The average molecular weight is 291 g/mol. The Morgan fingerprint density at radius 1 is 0.818 bits per heavy atom. The van der Waals surface area contributed by atoms with E-state index < -0.39 is 0 Å². The smallest absolute Gasteiger partial charge is 0.124 e. The topological polar surface area (TPSA) is 53.4 Å². The van der Waals surface area contributed by atoms with Gasteiger partial charge in [0.2, 0.25) is 0 Å². The fourth-order valence-corrected chi connectivity index (χ4v) is 2.67. The van der Waals surface area contributed by atoms with Gasteiger partial charge in [-0.2, -0.15) is 0 Å². The van der Waals surface area contributed by atoms with E-state index in [9.17, 15) is 10.2 Å². The summed E-state index contributed by atoms with van der Waals surface area (Å²) in [5, 5.41) is 20.5. The summed E-state index contributed by atoms with van der Waals surface area (Å²) < 4.78 is 0. The second-order valence-electron chi connectivity index (χ2n) is 5.08. The number of phenols is 2. The molecular formula is C19H17NO2. The van der Waals surface area contributed by atoms with Crippen LogP contribution in [0.3, 0.4) is 0 Å². The van der Waals surface area contributed by atoms with E-state index in [-0.39, 0.29) is 11.5 Å². The van der Waals surface area contributed by atoms with Gasteiger partial charge in [0.05, 0.1) is 5.69 Å². The summed E-state index contributed by atoms with van der Waals surface area (Å²) >= 11 is 0. The molecule has 110 valence electrons. The van der Waals surface area contributed by atoms with Crippen molar-refractivity contribution in [2.75, 3.05) is 0 Å². The Bertz CT molecular complexity index is 812. The Morgan fingerprint density at radius 2 is 1.55 bits per heavy atom. The molecule has 0 spiro atoms. The fraction of sp³-hybridized carbons (Fsp3) is 0.105. The maximum atomic E-state index is 10.4. The summed E-state index contributed by atoms with van der Waals surface area (Å²) in [5.41, 5.74) is 3.96. The molecule has 3 aromatic rings. The first-order chi connectivity index (χ1) is 10.7. The van der Waals surface area contributed by atoms with E-state index in [4.69, 9.17) is 0 Å². The van der Waals surface area contributed by atoms with Gasteiger partial charge in [-0.3, -0.25) is 4.98 Å². The molecule has 0 radical (unpaired) electrons. The zero-order valence-corrected chi connectivity index (χ0v) is 12.3. The van der Waals surface area contributed by atoms with Crippen LogP contribution in [0, 0.1) is 0 Å². The average Bonchev–Trinajstić information content (AvgIpc) is 2.55. The van der Waals surface area contributed by atoms with Crippen LogP contribution in [0.25, 0.3) is 22.4 Å². The Labute approximate surface area is 129 Å². The Kier molecular flexibility index (Phi) is 3.79. The molecular weight excluding hydrogens is 274 g/mol. The second kappa shape index (κ2) is 5.90. The van der Waals surface area contributed by atoms with Crippen LogP contribution in [-0.4, -0.2) is 15.2 Å². The predicted molar refractivity (Wildman–Crippen MR) is 87.8 cm³/mol. The van der Waals surface area contributed by atoms with E-state index >= 15 is 0 Å². The Hall–Kier alpha value is -2.81. The van der Waals surface area contributed by atoms with Gasteiger partial charge in [0.25, 0.3) is 0 Å². The van der Waals surface area contributed by atoms with Crippen molar-refractivity contribution in [3.05, 3.63) is 66.4 Å². The number of hydrogen-bond donors (Lipinski definition) is 2. The first kappa shape index (κ1) is 14.1. The number of aromatic hydroxyl groups is 2. The first-order valence-electron chi connectivity index (χ1n) is 7.27. The summed E-state index contributed by atoms with van der Waals surface area (Å²) in [6.45, 7) is 2.07.